The van der Waals surface area contributed by atoms with Gasteiger partial charge in [-0.05, 0) is 19.0 Å². The second kappa shape index (κ2) is 6.79. The SMILES string of the molecule is CCCNCC(=O)Nc1cc(F)c(F)cc1C(=O)O. The van der Waals surface area contributed by atoms with E-state index in [1.165, 1.54) is 0 Å². The lowest BCUT2D eigenvalue weighted by Gasteiger charge is -2.09. The average Bonchev–Trinajstić information content (AvgIpc) is 2.33. The smallest absolute Gasteiger partial charge is 0.337 e. The summed E-state index contributed by atoms with van der Waals surface area (Å²) in [5.74, 6) is -4.47. The van der Waals surface area contributed by atoms with Gasteiger partial charge in [0.15, 0.2) is 11.6 Å². The standard InChI is InChI=1S/C12H14F2N2O3/c1-2-3-15-6-11(17)16-10-5-9(14)8(13)4-7(10)12(18)19/h4-5,15H,2-3,6H2,1H3,(H,16,17)(H,18,19). The van der Waals surface area contributed by atoms with Crippen LogP contribution in [0.1, 0.15) is 23.7 Å². The van der Waals surface area contributed by atoms with Gasteiger partial charge in [0.05, 0.1) is 17.8 Å². The summed E-state index contributed by atoms with van der Waals surface area (Å²) in [6.45, 7) is 2.51. The van der Waals surface area contributed by atoms with Crippen molar-refractivity contribution < 1.29 is 23.5 Å². The largest absolute Gasteiger partial charge is 0.478 e. The van der Waals surface area contributed by atoms with Gasteiger partial charge in [-0.2, -0.15) is 0 Å². The maximum absolute atomic E-state index is 13.0. The van der Waals surface area contributed by atoms with Gasteiger partial charge in [0.2, 0.25) is 5.91 Å². The zero-order valence-electron chi connectivity index (χ0n) is 10.3. The Morgan fingerprint density at radius 3 is 2.47 bits per heavy atom. The molecule has 0 unspecified atom stereocenters. The van der Waals surface area contributed by atoms with Gasteiger partial charge in [-0.3, -0.25) is 4.79 Å². The van der Waals surface area contributed by atoms with Crippen LogP contribution in [0, 0.1) is 11.6 Å². The number of benzene rings is 1. The van der Waals surface area contributed by atoms with Crippen molar-refractivity contribution in [3.05, 3.63) is 29.3 Å². The third-order valence-electron chi connectivity index (χ3n) is 2.28. The minimum atomic E-state index is -1.45. The number of rotatable bonds is 6. The number of anilines is 1. The Labute approximate surface area is 108 Å². The number of hydrogen-bond acceptors (Lipinski definition) is 3. The van der Waals surface area contributed by atoms with Crippen molar-refractivity contribution in [3.8, 4) is 0 Å². The molecule has 1 aromatic carbocycles. The highest BCUT2D eigenvalue weighted by molar-refractivity contribution is 6.01. The monoisotopic (exact) mass is 272 g/mol. The molecule has 0 aromatic heterocycles. The Kier molecular flexibility index (Phi) is 5.37. The van der Waals surface area contributed by atoms with Crippen molar-refractivity contribution in [1.29, 1.82) is 0 Å². The first-order valence-electron chi connectivity index (χ1n) is 5.68. The van der Waals surface area contributed by atoms with Crippen molar-refractivity contribution in [2.75, 3.05) is 18.4 Å². The Bertz CT molecular complexity index is 492. The lowest BCUT2D eigenvalue weighted by Crippen LogP contribution is -2.29. The number of carbonyl (C=O) groups excluding carboxylic acids is 1. The van der Waals surface area contributed by atoms with Crippen LogP contribution in [0.4, 0.5) is 14.5 Å². The number of hydrogen-bond donors (Lipinski definition) is 3. The van der Waals surface area contributed by atoms with Gasteiger partial charge >= 0.3 is 5.97 Å². The van der Waals surface area contributed by atoms with Gasteiger partial charge in [0.1, 0.15) is 0 Å². The molecule has 5 nitrogen and oxygen atoms in total. The first-order valence-corrected chi connectivity index (χ1v) is 5.68. The fourth-order valence-electron chi connectivity index (χ4n) is 1.40. The van der Waals surface area contributed by atoms with Crippen molar-refractivity contribution in [2.24, 2.45) is 0 Å². The number of carbonyl (C=O) groups is 2. The predicted octanol–water partition coefficient (Wildman–Crippen LogP) is 1.60. The van der Waals surface area contributed by atoms with Gasteiger partial charge in [-0.25, -0.2) is 13.6 Å². The summed E-state index contributed by atoms with van der Waals surface area (Å²) in [6.07, 6.45) is 0.832. The molecule has 0 fully saturated rings. The summed E-state index contributed by atoms with van der Waals surface area (Å²) in [4.78, 5) is 22.3. The maximum Gasteiger partial charge on any atom is 0.337 e. The molecule has 0 aliphatic heterocycles. The summed E-state index contributed by atoms with van der Waals surface area (Å²) in [5, 5.41) is 13.9. The summed E-state index contributed by atoms with van der Waals surface area (Å²) in [5.41, 5.74) is -0.766. The van der Waals surface area contributed by atoms with E-state index >= 15 is 0 Å². The highest BCUT2D eigenvalue weighted by atomic mass is 19.2. The van der Waals surface area contributed by atoms with Crippen LogP contribution in [-0.2, 0) is 4.79 Å². The predicted molar refractivity (Wildman–Crippen MR) is 65.1 cm³/mol. The summed E-state index contributed by atoms with van der Waals surface area (Å²) in [6, 6.07) is 1.18. The van der Waals surface area contributed by atoms with Crippen LogP contribution in [0.15, 0.2) is 12.1 Å². The second-order valence-corrected chi connectivity index (χ2v) is 3.84. The van der Waals surface area contributed by atoms with Crippen LogP contribution < -0.4 is 10.6 Å². The highest BCUT2D eigenvalue weighted by Crippen LogP contribution is 2.20. The topological polar surface area (TPSA) is 78.4 Å². The molecule has 7 heteroatoms. The minimum absolute atomic E-state index is 0.0358. The number of aromatic carboxylic acids is 1. The maximum atomic E-state index is 13.0. The number of nitrogens with one attached hydrogen (secondary N) is 2. The van der Waals surface area contributed by atoms with E-state index in [0.717, 1.165) is 6.42 Å². The lowest BCUT2D eigenvalue weighted by molar-refractivity contribution is -0.115. The highest BCUT2D eigenvalue weighted by Gasteiger charge is 2.16. The zero-order chi connectivity index (χ0) is 14.4. The Balaban J connectivity index is 2.84. The van der Waals surface area contributed by atoms with Crippen LogP contribution >= 0.6 is 0 Å². The molecule has 0 atom stereocenters. The summed E-state index contributed by atoms with van der Waals surface area (Å²) < 4.78 is 26.0. The molecule has 3 N–H and O–H groups in total. The molecule has 0 bridgehead atoms. The van der Waals surface area contributed by atoms with Crippen molar-refractivity contribution in [3.63, 3.8) is 0 Å². The number of carboxylic acid groups (broad SMARTS) is 1. The molecule has 0 saturated carbocycles. The van der Waals surface area contributed by atoms with Crippen LogP contribution in [0.2, 0.25) is 0 Å². The Morgan fingerprint density at radius 1 is 1.26 bits per heavy atom. The Morgan fingerprint density at radius 2 is 1.89 bits per heavy atom. The number of halogens is 2. The van der Waals surface area contributed by atoms with E-state index < -0.39 is 29.1 Å². The molecule has 1 amide bonds. The average molecular weight is 272 g/mol. The molecule has 0 spiro atoms. The van der Waals surface area contributed by atoms with Gasteiger partial charge in [-0.1, -0.05) is 6.92 Å². The van der Waals surface area contributed by atoms with Crippen molar-refractivity contribution in [1.82, 2.24) is 5.32 Å². The van der Waals surface area contributed by atoms with Crippen LogP contribution in [0.5, 0.6) is 0 Å². The molecular weight excluding hydrogens is 258 g/mol. The molecule has 104 valence electrons. The summed E-state index contributed by atoms with van der Waals surface area (Å²) >= 11 is 0. The minimum Gasteiger partial charge on any atom is -0.478 e. The molecular formula is C12H14F2N2O3. The number of amides is 1. The van der Waals surface area contributed by atoms with E-state index in [-0.39, 0.29) is 12.2 Å². The van der Waals surface area contributed by atoms with E-state index in [1.807, 2.05) is 6.92 Å². The fourth-order valence-corrected chi connectivity index (χ4v) is 1.40. The second-order valence-electron chi connectivity index (χ2n) is 3.84. The molecule has 0 aliphatic carbocycles. The molecule has 19 heavy (non-hydrogen) atoms. The molecule has 1 rings (SSSR count). The fraction of sp³-hybridized carbons (Fsp3) is 0.333. The molecule has 0 aliphatic rings. The molecule has 0 heterocycles. The third kappa shape index (κ3) is 4.29. The van der Waals surface area contributed by atoms with Crippen LogP contribution in [-0.4, -0.2) is 30.1 Å². The van der Waals surface area contributed by atoms with Crippen molar-refractivity contribution in [2.45, 2.75) is 13.3 Å². The number of carboxylic acids is 1. The van der Waals surface area contributed by atoms with Crippen LogP contribution in [0.25, 0.3) is 0 Å². The van der Waals surface area contributed by atoms with Gasteiger partial charge < -0.3 is 15.7 Å². The first-order chi connectivity index (χ1) is 8.95. The van der Waals surface area contributed by atoms with Gasteiger partial charge in [0, 0.05) is 6.07 Å². The van der Waals surface area contributed by atoms with E-state index in [9.17, 15) is 18.4 Å². The quantitative estimate of drug-likeness (QED) is 0.687. The molecule has 0 saturated heterocycles. The molecule has 0 radical (unpaired) electrons. The first kappa shape index (κ1) is 15.0. The van der Waals surface area contributed by atoms with Crippen LogP contribution in [0.3, 0.4) is 0 Å². The van der Waals surface area contributed by atoms with Gasteiger partial charge in [0.25, 0.3) is 0 Å². The third-order valence-corrected chi connectivity index (χ3v) is 2.28. The van der Waals surface area contributed by atoms with Crippen molar-refractivity contribution >= 4 is 17.6 Å². The zero-order valence-corrected chi connectivity index (χ0v) is 10.3. The van der Waals surface area contributed by atoms with Gasteiger partial charge in [-0.15, -0.1) is 0 Å². The normalized spacial score (nSPS) is 10.3. The van der Waals surface area contributed by atoms with E-state index in [2.05, 4.69) is 10.6 Å². The van der Waals surface area contributed by atoms with E-state index in [0.29, 0.717) is 18.7 Å². The Hall–Kier alpha value is -2.02. The van der Waals surface area contributed by atoms with E-state index in [4.69, 9.17) is 5.11 Å². The van der Waals surface area contributed by atoms with E-state index in [1.54, 1.807) is 0 Å². The molecule has 1 aromatic rings. The lowest BCUT2D eigenvalue weighted by atomic mass is 10.1. The summed E-state index contributed by atoms with van der Waals surface area (Å²) in [7, 11) is 0.